The Hall–Kier alpha value is -3.80. The molecule has 1 N–H and O–H groups in total. The van der Waals surface area contributed by atoms with E-state index in [2.05, 4.69) is 33.8 Å². The zero-order valence-corrected chi connectivity index (χ0v) is 16.6. The van der Waals surface area contributed by atoms with Gasteiger partial charge in [-0.15, -0.1) is 5.10 Å². The molecule has 0 amide bonds. The standard InChI is InChI=1S/C23H23N5O.2H2/c1-5-23(29)19-10-6-7-11-20(14-19)25-18(4)24-15-22-17(3)28(27-26-22)21-12-8-9-16(2)13-21;;/h5,7-15,25H,1,4,6H2,2-3H3;2*1H/b24-15-;;. The van der Waals surface area contributed by atoms with Gasteiger partial charge >= 0.3 is 0 Å². The summed E-state index contributed by atoms with van der Waals surface area (Å²) in [6, 6.07) is 8.05. The second kappa shape index (κ2) is 8.93. The predicted molar refractivity (Wildman–Crippen MR) is 120 cm³/mol. The van der Waals surface area contributed by atoms with Gasteiger partial charge in [0.15, 0.2) is 5.78 Å². The molecule has 1 heterocycles. The van der Waals surface area contributed by atoms with Crippen LogP contribution >= 0.6 is 0 Å². The summed E-state index contributed by atoms with van der Waals surface area (Å²) >= 11 is 0. The molecule has 0 saturated heterocycles. The highest BCUT2D eigenvalue weighted by Crippen LogP contribution is 2.14. The van der Waals surface area contributed by atoms with Crippen LogP contribution in [-0.2, 0) is 4.79 Å². The van der Waals surface area contributed by atoms with Crippen molar-refractivity contribution in [2.45, 2.75) is 20.3 Å². The van der Waals surface area contributed by atoms with Crippen LogP contribution in [0.3, 0.4) is 0 Å². The van der Waals surface area contributed by atoms with Crippen LogP contribution in [0.1, 0.15) is 26.2 Å². The zero-order valence-electron chi connectivity index (χ0n) is 16.6. The van der Waals surface area contributed by atoms with Crippen LogP contribution in [0.25, 0.3) is 5.69 Å². The summed E-state index contributed by atoms with van der Waals surface area (Å²) in [6.45, 7) is 11.4. The molecule has 29 heavy (non-hydrogen) atoms. The van der Waals surface area contributed by atoms with Crippen molar-refractivity contribution < 1.29 is 7.65 Å². The average Bonchev–Trinajstić information content (AvgIpc) is 2.92. The third kappa shape index (κ3) is 4.93. The van der Waals surface area contributed by atoms with Crippen LogP contribution in [0.4, 0.5) is 0 Å². The first-order valence-corrected chi connectivity index (χ1v) is 9.22. The van der Waals surface area contributed by atoms with Crippen molar-refractivity contribution in [1.29, 1.82) is 0 Å². The first-order valence-electron chi connectivity index (χ1n) is 9.22. The van der Waals surface area contributed by atoms with E-state index in [0.29, 0.717) is 23.5 Å². The minimum atomic E-state index is -0.120. The number of benzene rings is 1. The number of hydrogen-bond donors (Lipinski definition) is 1. The molecule has 3 rings (SSSR count). The molecule has 1 aromatic heterocycles. The highest BCUT2D eigenvalue weighted by molar-refractivity contribution is 6.05. The van der Waals surface area contributed by atoms with Gasteiger partial charge in [-0.1, -0.05) is 42.7 Å². The molecular formula is C23H27N5O. The van der Waals surface area contributed by atoms with Gasteiger partial charge in [0, 0.05) is 14.1 Å². The van der Waals surface area contributed by atoms with E-state index in [1.54, 1.807) is 17.0 Å². The largest absolute Gasteiger partial charge is 0.341 e. The molecule has 0 atom stereocenters. The molecule has 0 fully saturated rings. The summed E-state index contributed by atoms with van der Waals surface area (Å²) in [5.74, 6) is 0.309. The maximum absolute atomic E-state index is 11.9. The second-order valence-electron chi connectivity index (χ2n) is 6.61. The van der Waals surface area contributed by atoms with Crippen LogP contribution < -0.4 is 5.32 Å². The predicted octanol–water partition coefficient (Wildman–Crippen LogP) is 4.38. The highest BCUT2D eigenvalue weighted by Gasteiger charge is 2.09. The summed E-state index contributed by atoms with van der Waals surface area (Å²) in [5, 5.41) is 11.5. The number of hydrogen-bond acceptors (Lipinski definition) is 5. The van der Waals surface area contributed by atoms with Crippen LogP contribution in [0.5, 0.6) is 0 Å². The summed E-state index contributed by atoms with van der Waals surface area (Å²) in [5.41, 5.74) is 4.95. The zero-order chi connectivity index (χ0) is 20.8. The maximum atomic E-state index is 11.9. The molecule has 6 nitrogen and oxygen atoms in total. The van der Waals surface area contributed by atoms with E-state index < -0.39 is 0 Å². The van der Waals surface area contributed by atoms with Gasteiger partial charge in [0.2, 0.25) is 0 Å². The Morgan fingerprint density at radius 1 is 1.38 bits per heavy atom. The number of nitrogens with one attached hydrogen (secondary N) is 1. The number of allylic oxidation sites excluding steroid dienone is 6. The Balaban J connectivity index is 0.00000240. The lowest BCUT2D eigenvalue weighted by Gasteiger charge is -2.06. The molecule has 1 aliphatic carbocycles. The van der Waals surface area contributed by atoms with Crippen molar-refractivity contribution in [2.24, 2.45) is 4.99 Å². The van der Waals surface area contributed by atoms with Gasteiger partial charge in [0.25, 0.3) is 0 Å². The number of rotatable bonds is 7. The van der Waals surface area contributed by atoms with Crippen molar-refractivity contribution in [3.05, 3.63) is 102 Å². The summed E-state index contributed by atoms with van der Waals surface area (Å²) in [6.07, 6.45) is 11.1. The van der Waals surface area contributed by atoms with Gasteiger partial charge in [-0.05, 0) is 56.2 Å². The fourth-order valence-electron chi connectivity index (χ4n) is 2.83. The SMILES string of the molecule is C=CC(=O)C1=CCC=CC(NC(=C)/N=C\c2nnn(-c3cccc(C)c3)c2C)=C1.[HH].[HH]. The number of carbonyl (C=O) groups is 1. The maximum Gasteiger partial charge on any atom is 0.185 e. The third-order valence-electron chi connectivity index (χ3n) is 4.36. The third-order valence-corrected chi connectivity index (χ3v) is 4.36. The van der Waals surface area contributed by atoms with Gasteiger partial charge < -0.3 is 5.32 Å². The normalized spacial score (nSPS) is 13.6. The molecular weight excluding hydrogens is 362 g/mol. The molecule has 0 spiro atoms. The summed E-state index contributed by atoms with van der Waals surface area (Å²) < 4.78 is 1.78. The van der Waals surface area contributed by atoms with Crippen LogP contribution in [0.15, 0.2) is 89.9 Å². The van der Waals surface area contributed by atoms with Crippen LogP contribution in [-0.4, -0.2) is 27.0 Å². The van der Waals surface area contributed by atoms with Gasteiger partial charge in [0.05, 0.1) is 17.6 Å². The van der Waals surface area contributed by atoms with Crippen LogP contribution in [0, 0.1) is 13.8 Å². The minimum Gasteiger partial charge on any atom is -0.341 e. The summed E-state index contributed by atoms with van der Waals surface area (Å²) in [7, 11) is 0. The van der Waals surface area contributed by atoms with Gasteiger partial charge in [-0.2, -0.15) is 0 Å². The molecule has 0 bridgehead atoms. The molecule has 1 aromatic carbocycles. The van der Waals surface area contributed by atoms with Crippen molar-refractivity contribution in [1.82, 2.24) is 20.3 Å². The number of nitrogens with zero attached hydrogens (tertiary/aromatic N) is 4. The monoisotopic (exact) mass is 389 g/mol. The van der Waals surface area contributed by atoms with Crippen molar-refractivity contribution in [3.63, 3.8) is 0 Å². The van der Waals surface area contributed by atoms with E-state index in [0.717, 1.165) is 22.6 Å². The van der Waals surface area contributed by atoms with Gasteiger partial charge in [-0.3, -0.25) is 4.79 Å². The smallest absolute Gasteiger partial charge is 0.185 e. The highest BCUT2D eigenvalue weighted by atomic mass is 16.1. The number of aliphatic imine (C=N–C) groups is 1. The first kappa shape index (κ1) is 19.9. The average molecular weight is 390 g/mol. The van der Waals surface area contributed by atoms with E-state index in [1.165, 1.54) is 6.08 Å². The Morgan fingerprint density at radius 3 is 2.97 bits per heavy atom. The van der Waals surface area contributed by atoms with E-state index in [1.807, 2.05) is 56.3 Å². The molecule has 0 unspecified atom stereocenters. The molecule has 0 saturated carbocycles. The Bertz CT molecular complexity index is 1090. The lowest BCUT2D eigenvalue weighted by atomic mass is 10.1. The summed E-state index contributed by atoms with van der Waals surface area (Å²) in [4.78, 5) is 16.2. The van der Waals surface area contributed by atoms with Crippen molar-refractivity contribution in [2.75, 3.05) is 0 Å². The fourth-order valence-corrected chi connectivity index (χ4v) is 2.83. The number of carbonyl (C=O) groups excluding carboxylic acids is 1. The fraction of sp³-hybridized carbons (Fsp3) is 0.130. The van der Waals surface area contributed by atoms with Crippen molar-refractivity contribution in [3.8, 4) is 5.69 Å². The van der Waals surface area contributed by atoms with Gasteiger partial charge in [-0.25, -0.2) is 9.67 Å². The molecule has 2 aromatic rings. The van der Waals surface area contributed by atoms with E-state index >= 15 is 0 Å². The van der Waals surface area contributed by atoms with Crippen LogP contribution in [0.2, 0.25) is 0 Å². The number of ketones is 1. The molecule has 0 radical (unpaired) electrons. The lowest BCUT2D eigenvalue weighted by Crippen LogP contribution is -2.10. The van der Waals surface area contributed by atoms with E-state index in [4.69, 9.17) is 0 Å². The number of aryl methyl sites for hydroxylation is 1. The van der Waals surface area contributed by atoms with E-state index in [-0.39, 0.29) is 8.64 Å². The molecule has 0 aliphatic heterocycles. The molecule has 6 heteroatoms. The molecule has 150 valence electrons. The Kier molecular flexibility index (Phi) is 6.14. The van der Waals surface area contributed by atoms with Gasteiger partial charge in [0.1, 0.15) is 11.5 Å². The second-order valence-corrected chi connectivity index (χ2v) is 6.61. The molecule has 1 aliphatic rings. The van der Waals surface area contributed by atoms with E-state index in [9.17, 15) is 4.79 Å². The minimum absolute atomic E-state index is 0. The Labute approximate surface area is 173 Å². The quantitative estimate of drug-likeness (QED) is 0.563. The Morgan fingerprint density at radius 2 is 2.21 bits per heavy atom. The topological polar surface area (TPSA) is 72.2 Å². The lowest BCUT2D eigenvalue weighted by molar-refractivity contribution is -0.111. The van der Waals surface area contributed by atoms with Crippen molar-refractivity contribution >= 4 is 12.0 Å². The first-order chi connectivity index (χ1) is 14.0. The number of aromatic nitrogens is 3.